The molecule has 6 nitrogen and oxygen atoms in total. The topological polar surface area (TPSA) is 84.3 Å². The Labute approximate surface area is 164 Å². The number of phenolic OH excluding ortho intramolecular Hbond substituents is 1. The summed E-state index contributed by atoms with van der Waals surface area (Å²) in [5.41, 5.74) is 3.58. The molecular weight excluding hydrogens is 354 g/mol. The number of nitrogens with zero attached hydrogens (tertiary/aromatic N) is 2. The normalized spacial score (nSPS) is 10.7. The van der Waals surface area contributed by atoms with Crippen LogP contribution in [-0.2, 0) is 4.79 Å². The monoisotopic (exact) mass is 377 g/mol. The number of hydrogen-bond donors (Lipinski definition) is 2. The molecule has 0 aliphatic heterocycles. The van der Waals surface area contributed by atoms with Crippen molar-refractivity contribution in [2.75, 3.05) is 11.9 Å². The van der Waals surface area contributed by atoms with E-state index in [9.17, 15) is 9.90 Å². The number of nitrogens with one attached hydrogen (secondary N) is 1. The molecule has 0 spiro atoms. The highest BCUT2D eigenvalue weighted by molar-refractivity contribution is 5.91. The van der Waals surface area contributed by atoms with Crippen molar-refractivity contribution in [2.45, 2.75) is 26.7 Å². The van der Waals surface area contributed by atoms with Crippen molar-refractivity contribution in [3.63, 3.8) is 0 Å². The predicted molar refractivity (Wildman–Crippen MR) is 109 cm³/mol. The average Bonchev–Trinajstić information content (AvgIpc) is 2.67. The molecule has 2 N–H and O–H groups in total. The molecule has 0 radical (unpaired) electrons. The lowest BCUT2D eigenvalue weighted by Crippen LogP contribution is -2.20. The van der Waals surface area contributed by atoms with Crippen LogP contribution in [0.25, 0.3) is 11.4 Å². The van der Waals surface area contributed by atoms with Gasteiger partial charge >= 0.3 is 0 Å². The highest BCUT2D eigenvalue weighted by atomic mass is 16.5. The molecule has 0 aliphatic rings. The molecule has 0 atom stereocenters. The van der Waals surface area contributed by atoms with Crippen LogP contribution in [0.1, 0.15) is 30.9 Å². The zero-order chi connectivity index (χ0) is 20.1. The van der Waals surface area contributed by atoms with Gasteiger partial charge in [0.15, 0.2) is 12.4 Å². The maximum Gasteiger partial charge on any atom is 0.262 e. The van der Waals surface area contributed by atoms with Gasteiger partial charge in [-0.05, 0) is 48.2 Å². The molecule has 1 aromatic heterocycles. The summed E-state index contributed by atoms with van der Waals surface area (Å²) >= 11 is 0. The molecule has 0 saturated heterocycles. The van der Waals surface area contributed by atoms with Gasteiger partial charge in [-0.3, -0.25) is 4.79 Å². The van der Waals surface area contributed by atoms with E-state index in [-0.39, 0.29) is 18.3 Å². The fraction of sp³-hybridized carbons (Fsp3) is 0.227. The molecule has 0 bridgehead atoms. The smallest absolute Gasteiger partial charge is 0.262 e. The van der Waals surface area contributed by atoms with Crippen molar-refractivity contribution in [3.8, 4) is 22.9 Å². The van der Waals surface area contributed by atoms with Crippen molar-refractivity contribution in [2.24, 2.45) is 0 Å². The van der Waals surface area contributed by atoms with Gasteiger partial charge in [0.25, 0.3) is 5.91 Å². The van der Waals surface area contributed by atoms with Gasteiger partial charge in [0.05, 0.1) is 18.1 Å². The van der Waals surface area contributed by atoms with Crippen LogP contribution in [0.5, 0.6) is 11.5 Å². The number of benzene rings is 2. The largest absolute Gasteiger partial charge is 0.508 e. The first-order valence-electron chi connectivity index (χ1n) is 9.07. The second-order valence-electron chi connectivity index (χ2n) is 6.86. The van der Waals surface area contributed by atoms with Crippen molar-refractivity contribution in [3.05, 3.63) is 66.0 Å². The van der Waals surface area contributed by atoms with Crippen LogP contribution < -0.4 is 10.1 Å². The zero-order valence-corrected chi connectivity index (χ0v) is 16.1. The Morgan fingerprint density at radius 1 is 1.14 bits per heavy atom. The van der Waals surface area contributed by atoms with E-state index in [0.717, 1.165) is 5.56 Å². The molecule has 0 saturated carbocycles. The van der Waals surface area contributed by atoms with Crippen LogP contribution in [0, 0.1) is 6.92 Å². The van der Waals surface area contributed by atoms with Gasteiger partial charge in [-0.2, -0.15) is 0 Å². The highest BCUT2D eigenvalue weighted by Crippen LogP contribution is 2.23. The summed E-state index contributed by atoms with van der Waals surface area (Å²) in [6.07, 6.45) is 3.04. The Bertz CT molecular complexity index is 969. The predicted octanol–water partition coefficient (Wildman–Crippen LogP) is 4.30. The number of amides is 1. The fourth-order valence-corrected chi connectivity index (χ4v) is 2.92. The fourth-order valence-electron chi connectivity index (χ4n) is 2.92. The van der Waals surface area contributed by atoms with Gasteiger partial charge in [-0.25, -0.2) is 9.97 Å². The molecule has 3 aromatic rings. The first kappa shape index (κ1) is 19.4. The summed E-state index contributed by atoms with van der Waals surface area (Å²) in [7, 11) is 0. The van der Waals surface area contributed by atoms with E-state index in [1.165, 1.54) is 18.0 Å². The molecular formula is C22H23N3O3. The first-order valence-corrected chi connectivity index (χ1v) is 9.07. The molecule has 2 aromatic carbocycles. The number of rotatable bonds is 6. The molecule has 6 heteroatoms. The second kappa shape index (κ2) is 8.52. The number of ether oxygens (including phenoxy) is 1. The minimum Gasteiger partial charge on any atom is -0.508 e. The number of hydrogen-bond acceptors (Lipinski definition) is 5. The first-order chi connectivity index (χ1) is 13.4. The number of aromatic hydroxyl groups is 1. The van der Waals surface area contributed by atoms with Gasteiger partial charge in [-0.15, -0.1) is 0 Å². The molecule has 144 valence electrons. The maximum absolute atomic E-state index is 12.1. The quantitative estimate of drug-likeness (QED) is 0.669. The van der Waals surface area contributed by atoms with Crippen LogP contribution in [-0.4, -0.2) is 27.6 Å². The third kappa shape index (κ3) is 4.85. The Hall–Kier alpha value is -3.41. The van der Waals surface area contributed by atoms with E-state index in [0.29, 0.717) is 28.7 Å². The molecule has 3 rings (SSSR count). The molecule has 1 heterocycles. The van der Waals surface area contributed by atoms with Crippen molar-refractivity contribution < 1.29 is 14.6 Å². The minimum atomic E-state index is -0.292. The van der Waals surface area contributed by atoms with E-state index in [1.54, 1.807) is 24.3 Å². The van der Waals surface area contributed by atoms with Gasteiger partial charge in [-0.1, -0.05) is 32.0 Å². The summed E-state index contributed by atoms with van der Waals surface area (Å²) in [4.78, 5) is 20.6. The number of carbonyl (C=O) groups is 1. The highest BCUT2D eigenvalue weighted by Gasteiger charge is 2.08. The van der Waals surface area contributed by atoms with Crippen molar-refractivity contribution >= 4 is 11.6 Å². The lowest BCUT2D eigenvalue weighted by Gasteiger charge is -2.12. The van der Waals surface area contributed by atoms with Gasteiger partial charge in [0.1, 0.15) is 11.5 Å². The lowest BCUT2D eigenvalue weighted by atomic mass is 9.98. The standard InChI is InChI=1S/C22H23N3O3/c1-14(2)20-8-7-19(9-15(20)3)28-13-21(27)25-17-11-23-22(24-12-17)16-5-4-6-18(26)10-16/h4-12,14,26H,13H2,1-3H3,(H,25,27). The van der Waals surface area contributed by atoms with Crippen LogP contribution in [0.3, 0.4) is 0 Å². The van der Waals surface area contributed by atoms with E-state index in [4.69, 9.17) is 4.74 Å². The van der Waals surface area contributed by atoms with Gasteiger partial charge < -0.3 is 15.2 Å². The number of aromatic nitrogens is 2. The SMILES string of the molecule is Cc1cc(OCC(=O)Nc2cnc(-c3cccc(O)c3)nc2)ccc1C(C)C. The minimum absolute atomic E-state index is 0.102. The Kier molecular flexibility index (Phi) is 5.89. The number of phenols is 1. The van der Waals surface area contributed by atoms with E-state index < -0.39 is 0 Å². The second-order valence-corrected chi connectivity index (χ2v) is 6.86. The summed E-state index contributed by atoms with van der Waals surface area (Å²) in [6, 6.07) is 12.5. The Morgan fingerprint density at radius 2 is 1.89 bits per heavy atom. The van der Waals surface area contributed by atoms with E-state index in [1.807, 2.05) is 25.1 Å². The molecule has 0 unspecified atom stereocenters. The Balaban J connectivity index is 1.57. The summed E-state index contributed by atoms with van der Waals surface area (Å²) in [6.45, 7) is 6.22. The number of aryl methyl sites for hydroxylation is 1. The van der Waals surface area contributed by atoms with Gasteiger partial charge in [0.2, 0.25) is 0 Å². The third-order valence-corrected chi connectivity index (χ3v) is 4.27. The molecule has 0 fully saturated rings. The maximum atomic E-state index is 12.1. The summed E-state index contributed by atoms with van der Waals surface area (Å²) in [5, 5.41) is 12.2. The van der Waals surface area contributed by atoms with Crippen molar-refractivity contribution in [1.29, 1.82) is 0 Å². The number of anilines is 1. The van der Waals surface area contributed by atoms with E-state index >= 15 is 0 Å². The lowest BCUT2D eigenvalue weighted by molar-refractivity contribution is -0.118. The molecule has 28 heavy (non-hydrogen) atoms. The van der Waals surface area contributed by atoms with Crippen LogP contribution in [0.15, 0.2) is 54.9 Å². The molecule has 0 aliphatic carbocycles. The summed E-state index contributed by atoms with van der Waals surface area (Å²) < 4.78 is 5.58. The van der Waals surface area contributed by atoms with Crippen LogP contribution in [0.2, 0.25) is 0 Å². The van der Waals surface area contributed by atoms with Gasteiger partial charge in [0, 0.05) is 5.56 Å². The average molecular weight is 377 g/mol. The van der Waals surface area contributed by atoms with Crippen LogP contribution in [0.4, 0.5) is 5.69 Å². The third-order valence-electron chi connectivity index (χ3n) is 4.27. The van der Waals surface area contributed by atoms with Crippen LogP contribution >= 0.6 is 0 Å². The molecule has 1 amide bonds. The van der Waals surface area contributed by atoms with E-state index in [2.05, 4.69) is 29.1 Å². The van der Waals surface area contributed by atoms with Crippen molar-refractivity contribution in [1.82, 2.24) is 9.97 Å². The summed E-state index contributed by atoms with van der Waals surface area (Å²) in [5.74, 6) is 1.42. The zero-order valence-electron chi connectivity index (χ0n) is 16.1. The number of carbonyl (C=O) groups excluding carboxylic acids is 1. The Morgan fingerprint density at radius 3 is 2.54 bits per heavy atom.